The van der Waals surface area contributed by atoms with E-state index in [1.165, 1.54) is 24.9 Å². The number of benzene rings is 1. The standard InChI is InChI=1S/C12H9BrN2O3S/c1-18-10-9(13)6-14-12(15-10)19-8-4-2-3-7(5-8)11(16)17/h2-6H,1H3,(H,16,17). The molecule has 0 unspecified atom stereocenters. The first-order valence-electron chi connectivity index (χ1n) is 5.18. The van der Waals surface area contributed by atoms with Crippen molar-refractivity contribution in [1.29, 1.82) is 0 Å². The van der Waals surface area contributed by atoms with Crippen molar-refractivity contribution in [3.63, 3.8) is 0 Å². The molecule has 0 aliphatic rings. The van der Waals surface area contributed by atoms with Crippen LogP contribution in [0.1, 0.15) is 10.4 Å². The number of aromatic carboxylic acids is 1. The molecule has 0 atom stereocenters. The minimum atomic E-state index is -0.961. The highest BCUT2D eigenvalue weighted by atomic mass is 79.9. The topological polar surface area (TPSA) is 72.3 Å². The zero-order valence-corrected chi connectivity index (χ0v) is 12.2. The second-order valence-corrected chi connectivity index (χ2v) is 5.34. The van der Waals surface area contributed by atoms with E-state index in [0.29, 0.717) is 15.5 Å². The molecule has 1 heterocycles. The fourth-order valence-electron chi connectivity index (χ4n) is 1.33. The van der Waals surface area contributed by atoms with Gasteiger partial charge in [0.25, 0.3) is 0 Å². The summed E-state index contributed by atoms with van der Waals surface area (Å²) in [7, 11) is 1.52. The summed E-state index contributed by atoms with van der Waals surface area (Å²) >= 11 is 4.54. The lowest BCUT2D eigenvalue weighted by Gasteiger charge is -2.05. The van der Waals surface area contributed by atoms with Crippen molar-refractivity contribution in [3.05, 3.63) is 40.5 Å². The van der Waals surface area contributed by atoms with Gasteiger partial charge < -0.3 is 9.84 Å². The first-order valence-corrected chi connectivity index (χ1v) is 6.79. The van der Waals surface area contributed by atoms with Crippen LogP contribution in [0.3, 0.4) is 0 Å². The third-order valence-electron chi connectivity index (χ3n) is 2.17. The maximum absolute atomic E-state index is 10.9. The van der Waals surface area contributed by atoms with Crippen molar-refractivity contribution in [2.24, 2.45) is 0 Å². The van der Waals surface area contributed by atoms with Crippen molar-refractivity contribution in [2.75, 3.05) is 7.11 Å². The number of methoxy groups -OCH3 is 1. The maximum atomic E-state index is 10.9. The SMILES string of the molecule is COc1nc(Sc2cccc(C(=O)O)c2)ncc1Br. The summed E-state index contributed by atoms with van der Waals surface area (Å²) in [6.07, 6.45) is 1.59. The van der Waals surface area contributed by atoms with E-state index in [9.17, 15) is 4.79 Å². The Morgan fingerprint density at radius 1 is 1.47 bits per heavy atom. The Balaban J connectivity index is 2.26. The van der Waals surface area contributed by atoms with Crippen molar-refractivity contribution in [2.45, 2.75) is 10.1 Å². The molecule has 0 aliphatic carbocycles. The second kappa shape index (κ2) is 6.03. The molecule has 0 fully saturated rings. The minimum absolute atomic E-state index is 0.231. The third-order valence-corrected chi connectivity index (χ3v) is 3.59. The van der Waals surface area contributed by atoms with E-state index >= 15 is 0 Å². The lowest BCUT2D eigenvalue weighted by atomic mass is 10.2. The van der Waals surface area contributed by atoms with Crippen LogP contribution in [0, 0.1) is 0 Å². The molecule has 0 saturated heterocycles. The highest BCUT2D eigenvalue weighted by Crippen LogP contribution is 2.29. The van der Waals surface area contributed by atoms with Crippen LogP contribution in [0.2, 0.25) is 0 Å². The number of carbonyl (C=O) groups is 1. The number of halogens is 1. The van der Waals surface area contributed by atoms with E-state index in [4.69, 9.17) is 9.84 Å². The summed E-state index contributed by atoms with van der Waals surface area (Å²) in [4.78, 5) is 20.0. The van der Waals surface area contributed by atoms with Gasteiger partial charge >= 0.3 is 5.97 Å². The van der Waals surface area contributed by atoms with Crippen LogP contribution in [0.15, 0.2) is 45.0 Å². The number of aromatic nitrogens is 2. The van der Waals surface area contributed by atoms with Crippen LogP contribution >= 0.6 is 27.7 Å². The van der Waals surface area contributed by atoms with Crippen LogP contribution in [-0.4, -0.2) is 28.2 Å². The molecule has 0 saturated carbocycles. The van der Waals surface area contributed by atoms with Gasteiger partial charge in [-0.3, -0.25) is 0 Å². The van der Waals surface area contributed by atoms with E-state index in [2.05, 4.69) is 25.9 Å². The molecular formula is C12H9BrN2O3S. The molecule has 5 nitrogen and oxygen atoms in total. The Bertz CT molecular complexity index is 622. The smallest absolute Gasteiger partial charge is 0.335 e. The van der Waals surface area contributed by atoms with Crippen molar-refractivity contribution in [1.82, 2.24) is 9.97 Å². The van der Waals surface area contributed by atoms with Crippen LogP contribution in [0.25, 0.3) is 0 Å². The van der Waals surface area contributed by atoms with E-state index in [0.717, 1.165) is 4.90 Å². The molecule has 0 bridgehead atoms. The lowest BCUT2D eigenvalue weighted by molar-refractivity contribution is 0.0696. The lowest BCUT2D eigenvalue weighted by Crippen LogP contribution is -1.96. The van der Waals surface area contributed by atoms with E-state index < -0.39 is 5.97 Å². The molecule has 0 spiro atoms. The van der Waals surface area contributed by atoms with Crippen LogP contribution in [0.4, 0.5) is 0 Å². The number of carboxylic acids is 1. The molecule has 1 aromatic heterocycles. The Kier molecular flexibility index (Phi) is 4.39. The van der Waals surface area contributed by atoms with Gasteiger partial charge in [-0.25, -0.2) is 9.78 Å². The summed E-state index contributed by atoms with van der Waals surface area (Å²) in [6.45, 7) is 0. The normalized spacial score (nSPS) is 10.2. The molecule has 2 aromatic rings. The number of rotatable bonds is 4. The van der Waals surface area contributed by atoms with Gasteiger partial charge in [0.1, 0.15) is 0 Å². The summed E-state index contributed by atoms with van der Waals surface area (Å²) < 4.78 is 5.75. The highest BCUT2D eigenvalue weighted by Gasteiger charge is 2.08. The molecule has 19 heavy (non-hydrogen) atoms. The first kappa shape index (κ1) is 13.8. The summed E-state index contributed by atoms with van der Waals surface area (Å²) in [5.41, 5.74) is 0.231. The number of carboxylic acid groups (broad SMARTS) is 1. The van der Waals surface area contributed by atoms with Crippen molar-refractivity contribution < 1.29 is 14.6 Å². The summed E-state index contributed by atoms with van der Waals surface area (Å²) in [6, 6.07) is 6.59. The highest BCUT2D eigenvalue weighted by molar-refractivity contribution is 9.10. The predicted molar refractivity (Wildman–Crippen MR) is 73.8 cm³/mol. The van der Waals surface area contributed by atoms with Gasteiger partial charge in [0.2, 0.25) is 5.88 Å². The molecule has 1 N–H and O–H groups in total. The zero-order valence-electron chi connectivity index (χ0n) is 9.83. The molecule has 2 rings (SSSR count). The number of hydrogen-bond donors (Lipinski definition) is 1. The number of hydrogen-bond acceptors (Lipinski definition) is 5. The van der Waals surface area contributed by atoms with Crippen LogP contribution in [0.5, 0.6) is 5.88 Å². The van der Waals surface area contributed by atoms with E-state index in [1.54, 1.807) is 24.4 Å². The summed E-state index contributed by atoms with van der Waals surface area (Å²) in [5, 5.41) is 9.42. The Morgan fingerprint density at radius 3 is 2.95 bits per heavy atom. The number of ether oxygens (including phenoxy) is 1. The molecule has 1 aromatic carbocycles. The molecule has 0 radical (unpaired) electrons. The Hall–Kier alpha value is -1.60. The van der Waals surface area contributed by atoms with Crippen molar-refractivity contribution in [3.8, 4) is 5.88 Å². The molecule has 0 aliphatic heterocycles. The van der Waals surface area contributed by atoms with Gasteiger partial charge in [0, 0.05) is 11.1 Å². The van der Waals surface area contributed by atoms with Gasteiger partial charge in [-0.05, 0) is 45.9 Å². The van der Waals surface area contributed by atoms with Gasteiger partial charge in [0.15, 0.2) is 5.16 Å². The fraction of sp³-hybridized carbons (Fsp3) is 0.0833. The second-order valence-electron chi connectivity index (χ2n) is 3.44. The Labute approximate surface area is 122 Å². The van der Waals surface area contributed by atoms with Gasteiger partial charge in [-0.15, -0.1) is 0 Å². The molecule has 98 valence electrons. The molecule has 0 amide bonds. The van der Waals surface area contributed by atoms with E-state index in [-0.39, 0.29) is 5.56 Å². The van der Waals surface area contributed by atoms with Crippen molar-refractivity contribution >= 4 is 33.7 Å². The van der Waals surface area contributed by atoms with Crippen LogP contribution in [-0.2, 0) is 0 Å². The number of nitrogens with zero attached hydrogens (tertiary/aromatic N) is 2. The largest absolute Gasteiger partial charge is 0.480 e. The average Bonchev–Trinajstić information content (AvgIpc) is 2.41. The zero-order chi connectivity index (χ0) is 13.8. The minimum Gasteiger partial charge on any atom is -0.480 e. The molecule has 7 heteroatoms. The monoisotopic (exact) mass is 340 g/mol. The van der Waals surface area contributed by atoms with Gasteiger partial charge in [0.05, 0.1) is 17.1 Å². The quantitative estimate of drug-likeness (QED) is 0.862. The average molecular weight is 341 g/mol. The Morgan fingerprint density at radius 2 is 2.26 bits per heavy atom. The predicted octanol–water partition coefficient (Wildman–Crippen LogP) is 3.10. The summed E-state index contributed by atoms with van der Waals surface area (Å²) in [5.74, 6) is -0.524. The van der Waals surface area contributed by atoms with Gasteiger partial charge in [-0.1, -0.05) is 6.07 Å². The molecular weight excluding hydrogens is 332 g/mol. The van der Waals surface area contributed by atoms with Gasteiger partial charge in [-0.2, -0.15) is 4.98 Å². The van der Waals surface area contributed by atoms with Crippen LogP contribution < -0.4 is 4.74 Å². The maximum Gasteiger partial charge on any atom is 0.335 e. The third kappa shape index (κ3) is 3.45. The first-order chi connectivity index (χ1) is 9.10. The fourth-order valence-corrected chi connectivity index (χ4v) is 2.46. The van der Waals surface area contributed by atoms with E-state index in [1.807, 2.05) is 0 Å².